The summed E-state index contributed by atoms with van der Waals surface area (Å²) < 4.78 is 0. The second-order valence-corrected chi connectivity index (χ2v) is 2.10. The molecule has 0 aliphatic heterocycles. The number of aromatic nitrogens is 2. The molecular weight excluding hydrogens is 156 g/mol. The van der Waals surface area contributed by atoms with E-state index in [1.165, 1.54) is 6.07 Å². The minimum atomic E-state index is -0.445. The first-order valence-electron chi connectivity index (χ1n) is 2.59. The number of H-pyrrole nitrogens is 1. The van der Waals surface area contributed by atoms with Crippen LogP contribution in [0.3, 0.4) is 0 Å². The molecule has 0 saturated carbocycles. The van der Waals surface area contributed by atoms with Gasteiger partial charge in [-0.3, -0.25) is 4.79 Å². The second-order valence-electron chi connectivity index (χ2n) is 1.69. The van der Waals surface area contributed by atoms with E-state index in [1.54, 1.807) is 0 Å². The summed E-state index contributed by atoms with van der Waals surface area (Å²) in [6, 6.07) is 1.32. The third-order valence-corrected chi connectivity index (χ3v) is 1.25. The average molecular weight is 161 g/mol. The maximum absolute atomic E-state index is 10.6. The molecule has 2 N–H and O–H groups in total. The van der Waals surface area contributed by atoms with E-state index in [1.807, 2.05) is 0 Å². The maximum Gasteiger partial charge on any atom is 0.282 e. The van der Waals surface area contributed by atoms with Gasteiger partial charge in [-0.25, -0.2) is 5.10 Å². The molecule has 0 aliphatic rings. The van der Waals surface area contributed by atoms with Gasteiger partial charge < -0.3 is 5.11 Å². The molecule has 0 aromatic carbocycles. The van der Waals surface area contributed by atoms with Gasteiger partial charge in [-0.2, -0.15) is 5.10 Å². The molecule has 1 aromatic heterocycles. The van der Waals surface area contributed by atoms with Crippen molar-refractivity contribution in [3.8, 4) is 0 Å². The first-order valence-corrected chi connectivity index (χ1v) is 2.97. The van der Waals surface area contributed by atoms with E-state index >= 15 is 0 Å². The van der Waals surface area contributed by atoms with Crippen molar-refractivity contribution in [2.45, 2.75) is 6.61 Å². The molecule has 4 nitrogen and oxygen atoms in total. The van der Waals surface area contributed by atoms with Crippen molar-refractivity contribution < 1.29 is 5.11 Å². The quantitative estimate of drug-likeness (QED) is 0.604. The normalized spacial score (nSPS) is 9.80. The number of aliphatic hydroxyl groups is 1. The van der Waals surface area contributed by atoms with E-state index in [9.17, 15) is 4.79 Å². The van der Waals surface area contributed by atoms with Crippen LogP contribution in [-0.2, 0) is 6.61 Å². The highest BCUT2D eigenvalue weighted by Gasteiger charge is 1.97. The molecular formula is C5H5ClN2O2. The van der Waals surface area contributed by atoms with Crippen LogP contribution in [0, 0.1) is 0 Å². The summed E-state index contributed by atoms with van der Waals surface area (Å²) in [4.78, 5) is 10.6. The number of halogens is 1. The van der Waals surface area contributed by atoms with Crippen LogP contribution < -0.4 is 5.56 Å². The lowest BCUT2D eigenvalue weighted by Crippen LogP contribution is -2.09. The first-order chi connectivity index (χ1) is 4.74. The van der Waals surface area contributed by atoms with Crippen molar-refractivity contribution in [1.29, 1.82) is 0 Å². The molecule has 54 valence electrons. The van der Waals surface area contributed by atoms with E-state index in [0.29, 0.717) is 5.69 Å². The molecule has 0 radical (unpaired) electrons. The molecule has 1 aromatic rings. The van der Waals surface area contributed by atoms with E-state index in [2.05, 4.69) is 10.2 Å². The molecule has 0 saturated heterocycles. The summed E-state index contributed by atoms with van der Waals surface area (Å²) in [5.41, 5.74) is -0.0940. The van der Waals surface area contributed by atoms with Gasteiger partial charge in [0.2, 0.25) is 0 Å². The standard InChI is InChI=1S/C5H5ClN2O2/c6-4-1-3(2-9)7-8-5(4)10/h1,9H,2H2,(H,8,10). The molecule has 0 bridgehead atoms. The Hall–Kier alpha value is -0.870. The lowest BCUT2D eigenvalue weighted by Gasteiger charge is -1.92. The highest BCUT2D eigenvalue weighted by atomic mass is 35.5. The zero-order valence-electron chi connectivity index (χ0n) is 4.97. The zero-order chi connectivity index (χ0) is 7.56. The number of aliphatic hydroxyl groups excluding tert-OH is 1. The molecule has 1 rings (SSSR count). The van der Waals surface area contributed by atoms with Crippen LogP contribution in [0.1, 0.15) is 5.69 Å². The number of hydrogen-bond acceptors (Lipinski definition) is 3. The highest BCUT2D eigenvalue weighted by molar-refractivity contribution is 6.30. The Morgan fingerprint density at radius 1 is 1.80 bits per heavy atom. The fraction of sp³-hybridized carbons (Fsp3) is 0.200. The second kappa shape index (κ2) is 2.81. The van der Waals surface area contributed by atoms with Crippen LogP contribution >= 0.6 is 11.6 Å². The Morgan fingerprint density at radius 2 is 2.50 bits per heavy atom. The van der Waals surface area contributed by atoms with E-state index in [-0.39, 0.29) is 11.6 Å². The molecule has 5 heteroatoms. The fourth-order valence-corrected chi connectivity index (χ4v) is 0.669. The number of hydrogen-bond donors (Lipinski definition) is 2. The van der Waals surface area contributed by atoms with Gasteiger partial charge in [-0.05, 0) is 6.07 Å². The molecule has 0 amide bonds. The monoisotopic (exact) mass is 160 g/mol. The predicted octanol–water partition coefficient (Wildman–Crippen LogP) is -0.0844. The van der Waals surface area contributed by atoms with Gasteiger partial charge in [-0.15, -0.1) is 0 Å². The van der Waals surface area contributed by atoms with E-state index in [4.69, 9.17) is 16.7 Å². The van der Waals surface area contributed by atoms with E-state index < -0.39 is 5.56 Å². The summed E-state index contributed by atoms with van der Waals surface area (Å²) in [5.74, 6) is 0. The van der Waals surface area contributed by atoms with Crippen LogP contribution in [0.25, 0.3) is 0 Å². The van der Waals surface area contributed by atoms with E-state index in [0.717, 1.165) is 0 Å². The Morgan fingerprint density at radius 3 is 3.00 bits per heavy atom. The third kappa shape index (κ3) is 1.34. The third-order valence-electron chi connectivity index (χ3n) is 0.973. The van der Waals surface area contributed by atoms with Crippen LogP contribution in [0.4, 0.5) is 0 Å². The van der Waals surface area contributed by atoms with Gasteiger partial charge in [0.15, 0.2) is 0 Å². The van der Waals surface area contributed by atoms with Gasteiger partial charge in [0.05, 0.1) is 12.3 Å². The molecule has 0 unspecified atom stereocenters. The van der Waals surface area contributed by atoms with Crippen molar-refractivity contribution in [3.63, 3.8) is 0 Å². The number of aromatic amines is 1. The smallest absolute Gasteiger partial charge is 0.282 e. The summed E-state index contributed by atoms with van der Waals surface area (Å²) in [6.07, 6.45) is 0. The minimum Gasteiger partial charge on any atom is -0.390 e. The Bertz CT molecular complexity index is 283. The maximum atomic E-state index is 10.6. The molecule has 0 atom stereocenters. The summed E-state index contributed by atoms with van der Waals surface area (Å²) in [6.45, 7) is -0.226. The first kappa shape index (κ1) is 7.24. The largest absolute Gasteiger partial charge is 0.390 e. The Labute approximate surface area is 61.5 Å². The molecule has 0 spiro atoms. The van der Waals surface area contributed by atoms with Gasteiger partial charge in [0, 0.05) is 0 Å². The van der Waals surface area contributed by atoms with Crippen LogP contribution in [0.15, 0.2) is 10.9 Å². The van der Waals surface area contributed by atoms with Gasteiger partial charge in [0.1, 0.15) is 5.02 Å². The molecule has 0 fully saturated rings. The number of rotatable bonds is 1. The summed E-state index contributed by atoms with van der Waals surface area (Å²) in [5, 5.41) is 14.2. The van der Waals surface area contributed by atoms with Gasteiger partial charge >= 0.3 is 0 Å². The predicted molar refractivity (Wildman–Crippen MR) is 35.8 cm³/mol. The lowest BCUT2D eigenvalue weighted by molar-refractivity contribution is 0.275. The summed E-state index contributed by atoms with van der Waals surface area (Å²) in [7, 11) is 0. The zero-order valence-corrected chi connectivity index (χ0v) is 5.72. The Kier molecular flexibility index (Phi) is 2.03. The van der Waals surface area contributed by atoms with Crippen LogP contribution in [0.5, 0.6) is 0 Å². The van der Waals surface area contributed by atoms with Crippen LogP contribution in [-0.4, -0.2) is 15.3 Å². The minimum absolute atomic E-state index is 0.0408. The molecule has 10 heavy (non-hydrogen) atoms. The topological polar surface area (TPSA) is 66.0 Å². The highest BCUT2D eigenvalue weighted by Crippen LogP contribution is 2.00. The van der Waals surface area contributed by atoms with Gasteiger partial charge in [-0.1, -0.05) is 11.6 Å². The number of nitrogens with one attached hydrogen (secondary N) is 1. The van der Waals surface area contributed by atoms with Crippen molar-refractivity contribution in [3.05, 3.63) is 27.1 Å². The lowest BCUT2D eigenvalue weighted by atomic mass is 10.4. The molecule has 0 aliphatic carbocycles. The van der Waals surface area contributed by atoms with Crippen molar-refractivity contribution in [2.24, 2.45) is 0 Å². The van der Waals surface area contributed by atoms with Crippen molar-refractivity contribution >= 4 is 11.6 Å². The SMILES string of the molecule is O=c1[nH]nc(CO)cc1Cl. The van der Waals surface area contributed by atoms with Crippen molar-refractivity contribution in [2.75, 3.05) is 0 Å². The Balaban J connectivity index is 3.17. The fourth-order valence-electron chi connectivity index (χ4n) is 0.501. The van der Waals surface area contributed by atoms with Crippen molar-refractivity contribution in [1.82, 2.24) is 10.2 Å². The summed E-state index contributed by atoms with van der Waals surface area (Å²) >= 11 is 5.40. The van der Waals surface area contributed by atoms with Crippen LogP contribution in [0.2, 0.25) is 5.02 Å². The van der Waals surface area contributed by atoms with Gasteiger partial charge in [0.25, 0.3) is 5.56 Å². The molecule has 1 heterocycles. The average Bonchev–Trinajstić information content (AvgIpc) is 1.95. The number of nitrogens with zero attached hydrogens (tertiary/aromatic N) is 1.